The molecule has 3 N–H and O–H groups in total. The molecule has 0 aliphatic rings. The molecule has 1 rings (SSSR count). The number of carbonyl (C=O) groups is 1. The molecule has 0 fully saturated rings. The molecule has 0 atom stereocenters. The number of hydrogen-bond donors (Lipinski definition) is 2. The third-order valence-corrected chi connectivity index (χ3v) is 4.65. The average molecular weight is 321 g/mol. The van der Waals surface area contributed by atoms with Crippen molar-refractivity contribution >= 4 is 21.6 Å². The highest BCUT2D eigenvalue weighted by Gasteiger charge is 2.29. The fourth-order valence-corrected chi connectivity index (χ4v) is 3.15. The van der Waals surface area contributed by atoms with E-state index < -0.39 is 44.7 Å². The summed E-state index contributed by atoms with van der Waals surface area (Å²) >= 11 is 0. The minimum absolute atomic E-state index is 0.0454. The van der Waals surface area contributed by atoms with E-state index in [-0.39, 0.29) is 6.54 Å². The first-order valence-corrected chi connectivity index (χ1v) is 7.69. The zero-order valence-electron chi connectivity index (χ0n) is 11.7. The van der Waals surface area contributed by atoms with Crippen molar-refractivity contribution in [2.75, 3.05) is 25.4 Å². The third kappa shape index (κ3) is 3.88. The molecular weight excluding hydrogens is 304 g/mol. The zero-order valence-corrected chi connectivity index (χ0v) is 12.5. The Morgan fingerprint density at radius 1 is 1.29 bits per heavy atom. The van der Waals surface area contributed by atoms with Gasteiger partial charge in [0.05, 0.1) is 12.2 Å². The maximum Gasteiger partial charge on any atom is 0.246 e. The Morgan fingerprint density at radius 3 is 2.43 bits per heavy atom. The molecule has 0 saturated carbocycles. The summed E-state index contributed by atoms with van der Waals surface area (Å²) in [5.74, 6) is -2.81. The number of nitrogens with two attached hydrogens (primary N) is 1. The first-order chi connectivity index (χ1) is 9.73. The summed E-state index contributed by atoms with van der Waals surface area (Å²) in [7, 11) is -4.28. The van der Waals surface area contributed by atoms with Crippen molar-refractivity contribution in [3.05, 3.63) is 23.8 Å². The van der Waals surface area contributed by atoms with Gasteiger partial charge in [0.2, 0.25) is 15.9 Å². The number of nitrogens with one attached hydrogen (secondary N) is 1. The first kappa shape index (κ1) is 17.3. The minimum atomic E-state index is -4.28. The predicted molar refractivity (Wildman–Crippen MR) is 73.9 cm³/mol. The number of carbonyl (C=O) groups excluding carboxylic acids is 1. The molecule has 9 heteroatoms. The molecule has 21 heavy (non-hydrogen) atoms. The fourth-order valence-electron chi connectivity index (χ4n) is 1.66. The van der Waals surface area contributed by atoms with Crippen LogP contribution in [0.1, 0.15) is 13.8 Å². The summed E-state index contributed by atoms with van der Waals surface area (Å²) in [6.07, 6.45) is 0. The number of amides is 1. The minimum Gasteiger partial charge on any atom is -0.396 e. The summed E-state index contributed by atoms with van der Waals surface area (Å²) in [5.41, 5.74) is 4.79. The molecule has 0 saturated heterocycles. The molecule has 0 heterocycles. The summed E-state index contributed by atoms with van der Waals surface area (Å²) in [5, 5.41) is 2.45. The Labute approximate surface area is 122 Å². The van der Waals surface area contributed by atoms with Crippen LogP contribution in [0.15, 0.2) is 17.0 Å². The highest BCUT2D eigenvalue weighted by molar-refractivity contribution is 7.89. The normalized spacial score (nSPS) is 11.7. The molecule has 0 radical (unpaired) electrons. The van der Waals surface area contributed by atoms with Gasteiger partial charge in [-0.3, -0.25) is 4.79 Å². The maximum atomic E-state index is 13.7. The van der Waals surface area contributed by atoms with Gasteiger partial charge in [-0.1, -0.05) is 6.92 Å². The number of nitrogen functional groups attached to an aromatic ring is 1. The Morgan fingerprint density at radius 2 is 1.90 bits per heavy atom. The lowest BCUT2D eigenvalue weighted by Gasteiger charge is -2.20. The predicted octanol–water partition coefficient (Wildman–Crippen LogP) is 0.694. The lowest BCUT2D eigenvalue weighted by Crippen LogP contribution is -2.40. The van der Waals surface area contributed by atoms with Gasteiger partial charge in [-0.2, -0.15) is 4.31 Å². The van der Waals surface area contributed by atoms with E-state index in [1.165, 1.54) is 6.92 Å². The number of halogens is 2. The standard InChI is InChI=1S/C12H17F2N3O3S/c1-3-16-12(18)7-17(4-2)21(19,20)11-6-10(15)8(13)5-9(11)14/h5-6H,3-4,7,15H2,1-2H3,(H,16,18). The number of sulfonamides is 1. The van der Waals surface area contributed by atoms with Crippen LogP contribution >= 0.6 is 0 Å². The monoisotopic (exact) mass is 321 g/mol. The smallest absolute Gasteiger partial charge is 0.246 e. The molecule has 1 amide bonds. The van der Waals surface area contributed by atoms with Crippen LogP contribution in [-0.4, -0.2) is 38.3 Å². The molecule has 0 aliphatic heterocycles. The van der Waals surface area contributed by atoms with Gasteiger partial charge >= 0.3 is 0 Å². The van der Waals surface area contributed by atoms with Gasteiger partial charge in [0.1, 0.15) is 16.5 Å². The lowest BCUT2D eigenvalue weighted by molar-refractivity contribution is -0.121. The number of hydrogen-bond acceptors (Lipinski definition) is 4. The summed E-state index contributed by atoms with van der Waals surface area (Å²) in [4.78, 5) is 10.7. The van der Waals surface area contributed by atoms with Crippen molar-refractivity contribution in [2.45, 2.75) is 18.7 Å². The SMILES string of the molecule is CCNC(=O)CN(CC)S(=O)(=O)c1cc(N)c(F)cc1F. The van der Waals surface area contributed by atoms with Crippen molar-refractivity contribution < 1.29 is 22.0 Å². The van der Waals surface area contributed by atoms with Crippen molar-refractivity contribution in [1.82, 2.24) is 9.62 Å². The van der Waals surface area contributed by atoms with Gasteiger partial charge in [0.15, 0.2) is 0 Å². The van der Waals surface area contributed by atoms with Crippen LogP contribution in [0.4, 0.5) is 14.5 Å². The largest absolute Gasteiger partial charge is 0.396 e. The van der Waals surface area contributed by atoms with Crippen molar-refractivity contribution in [3.63, 3.8) is 0 Å². The maximum absolute atomic E-state index is 13.7. The van der Waals surface area contributed by atoms with Crippen molar-refractivity contribution in [3.8, 4) is 0 Å². The van der Waals surface area contributed by atoms with E-state index >= 15 is 0 Å². The summed E-state index contributed by atoms with van der Waals surface area (Å²) in [6, 6.07) is 1.11. The van der Waals surface area contributed by atoms with Crippen LogP contribution in [0.5, 0.6) is 0 Å². The van der Waals surface area contributed by atoms with E-state index in [0.29, 0.717) is 18.7 Å². The highest BCUT2D eigenvalue weighted by atomic mass is 32.2. The molecule has 1 aromatic rings. The van der Waals surface area contributed by atoms with Gasteiger partial charge in [0.25, 0.3) is 0 Å². The molecule has 0 spiro atoms. The van der Waals surface area contributed by atoms with Crippen LogP contribution < -0.4 is 11.1 Å². The van der Waals surface area contributed by atoms with Gasteiger partial charge < -0.3 is 11.1 Å². The Bertz CT molecular complexity index is 635. The molecular formula is C12H17F2N3O3S. The van der Waals surface area contributed by atoms with Gasteiger partial charge in [0, 0.05) is 19.2 Å². The third-order valence-electron chi connectivity index (χ3n) is 2.72. The number of anilines is 1. The quantitative estimate of drug-likeness (QED) is 0.754. The number of likely N-dealkylation sites (N-methyl/N-ethyl adjacent to an activating group) is 2. The van der Waals surface area contributed by atoms with E-state index in [9.17, 15) is 22.0 Å². The Balaban J connectivity index is 3.19. The molecule has 118 valence electrons. The van der Waals surface area contributed by atoms with Crippen molar-refractivity contribution in [1.29, 1.82) is 0 Å². The van der Waals surface area contributed by atoms with Crippen LogP contribution in [0.25, 0.3) is 0 Å². The summed E-state index contributed by atoms with van der Waals surface area (Å²) < 4.78 is 52.2. The highest BCUT2D eigenvalue weighted by Crippen LogP contribution is 2.23. The molecule has 0 unspecified atom stereocenters. The van der Waals surface area contributed by atoms with Gasteiger partial charge in [-0.05, 0) is 13.0 Å². The van der Waals surface area contributed by atoms with Crippen LogP contribution in [0.2, 0.25) is 0 Å². The fraction of sp³-hybridized carbons (Fsp3) is 0.417. The molecule has 1 aromatic carbocycles. The van der Waals surface area contributed by atoms with E-state index in [1.807, 2.05) is 0 Å². The van der Waals surface area contributed by atoms with E-state index in [1.54, 1.807) is 6.92 Å². The molecule has 0 aliphatic carbocycles. The topological polar surface area (TPSA) is 92.5 Å². The number of rotatable bonds is 6. The van der Waals surface area contributed by atoms with E-state index in [0.717, 1.165) is 4.31 Å². The van der Waals surface area contributed by atoms with Gasteiger partial charge in [-0.25, -0.2) is 17.2 Å². The number of benzene rings is 1. The zero-order chi connectivity index (χ0) is 16.2. The first-order valence-electron chi connectivity index (χ1n) is 6.25. The molecule has 0 bridgehead atoms. The van der Waals surface area contributed by atoms with Crippen molar-refractivity contribution in [2.24, 2.45) is 0 Å². The summed E-state index contributed by atoms with van der Waals surface area (Å²) in [6.45, 7) is 3.03. The van der Waals surface area contributed by atoms with Crippen LogP contribution in [0, 0.1) is 11.6 Å². The van der Waals surface area contributed by atoms with E-state index in [2.05, 4.69) is 5.32 Å². The second kappa shape index (κ2) is 6.81. The van der Waals surface area contributed by atoms with Crippen LogP contribution in [0.3, 0.4) is 0 Å². The lowest BCUT2D eigenvalue weighted by atomic mass is 10.3. The Hall–Kier alpha value is -1.74. The Kier molecular flexibility index (Phi) is 5.62. The molecule has 0 aromatic heterocycles. The van der Waals surface area contributed by atoms with Crippen LogP contribution in [-0.2, 0) is 14.8 Å². The number of nitrogens with zero attached hydrogens (tertiary/aromatic N) is 1. The second-order valence-electron chi connectivity index (χ2n) is 4.19. The van der Waals surface area contributed by atoms with E-state index in [4.69, 9.17) is 5.73 Å². The van der Waals surface area contributed by atoms with Gasteiger partial charge in [-0.15, -0.1) is 0 Å². The molecule has 6 nitrogen and oxygen atoms in total. The average Bonchev–Trinajstić information content (AvgIpc) is 2.40. The second-order valence-corrected chi connectivity index (χ2v) is 6.10.